The first-order valence-electron chi connectivity index (χ1n) is 6.12. The number of carboxylic acids is 1. The maximum Gasteiger partial charge on any atom is 0.323 e. The van der Waals surface area contributed by atoms with Crippen molar-refractivity contribution in [2.45, 2.75) is 6.54 Å². The van der Waals surface area contributed by atoms with E-state index in [1.807, 2.05) is 6.07 Å². The summed E-state index contributed by atoms with van der Waals surface area (Å²) in [5.74, 6) is -0.928. The number of carbonyl (C=O) groups is 1. The average molecular weight is 345 g/mol. The first kappa shape index (κ1) is 16.0. The number of hydrogen-bond donors (Lipinski definition) is 1. The largest absolute Gasteiger partial charge is 0.480 e. The fourth-order valence-corrected chi connectivity index (χ4v) is 2.44. The fourth-order valence-electron chi connectivity index (χ4n) is 1.93. The van der Waals surface area contributed by atoms with E-state index in [0.717, 1.165) is 11.3 Å². The summed E-state index contributed by atoms with van der Waals surface area (Å²) in [5, 5.41) is 10.5. The van der Waals surface area contributed by atoms with Crippen LogP contribution >= 0.6 is 34.8 Å². The zero-order chi connectivity index (χ0) is 15.4. The molecular weight excluding hydrogens is 333 g/mol. The topological polar surface area (TPSA) is 40.5 Å². The summed E-state index contributed by atoms with van der Waals surface area (Å²) in [5.41, 5.74) is 1.51. The summed E-state index contributed by atoms with van der Waals surface area (Å²) in [4.78, 5) is 12.8. The summed E-state index contributed by atoms with van der Waals surface area (Å²) in [6.45, 7) is 0.192. The standard InChI is InChI=1S/C15H12Cl3NO2/c16-11-4-6-12(7-5-11)19(9-14(20)21)8-10-2-1-3-13(17)15(10)18/h1-7H,8-9H2,(H,20,21). The van der Waals surface area contributed by atoms with Crippen molar-refractivity contribution >= 4 is 46.5 Å². The van der Waals surface area contributed by atoms with Crippen LogP contribution in [0.3, 0.4) is 0 Å². The van der Waals surface area contributed by atoms with E-state index in [2.05, 4.69) is 0 Å². The summed E-state index contributed by atoms with van der Waals surface area (Å²) >= 11 is 18.0. The summed E-state index contributed by atoms with van der Waals surface area (Å²) in [6.07, 6.45) is 0. The third-order valence-corrected chi connectivity index (χ3v) is 4.02. The van der Waals surface area contributed by atoms with E-state index in [1.165, 1.54) is 0 Å². The molecule has 110 valence electrons. The van der Waals surface area contributed by atoms with Crippen molar-refractivity contribution in [2.75, 3.05) is 11.4 Å². The van der Waals surface area contributed by atoms with Crippen molar-refractivity contribution in [1.82, 2.24) is 0 Å². The molecule has 0 spiro atoms. The maximum atomic E-state index is 11.1. The molecule has 21 heavy (non-hydrogen) atoms. The summed E-state index contributed by atoms with van der Waals surface area (Å²) < 4.78 is 0. The lowest BCUT2D eigenvalue weighted by molar-refractivity contribution is -0.135. The van der Waals surface area contributed by atoms with E-state index >= 15 is 0 Å². The Morgan fingerprint density at radius 3 is 2.33 bits per heavy atom. The Labute approximate surface area is 137 Å². The monoisotopic (exact) mass is 343 g/mol. The quantitative estimate of drug-likeness (QED) is 0.852. The Bertz CT molecular complexity index is 644. The molecule has 6 heteroatoms. The van der Waals surface area contributed by atoms with E-state index < -0.39 is 5.97 Å². The number of benzene rings is 2. The van der Waals surface area contributed by atoms with E-state index in [4.69, 9.17) is 39.9 Å². The predicted molar refractivity (Wildman–Crippen MR) is 86.6 cm³/mol. The number of carboxylic acid groups (broad SMARTS) is 1. The van der Waals surface area contributed by atoms with Gasteiger partial charge in [-0.3, -0.25) is 4.79 Å². The van der Waals surface area contributed by atoms with Crippen LogP contribution in [0.2, 0.25) is 15.1 Å². The molecule has 0 bridgehead atoms. The second-order valence-electron chi connectivity index (χ2n) is 4.44. The molecule has 0 radical (unpaired) electrons. The van der Waals surface area contributed by atoms with Crippen LogP contribution in [0, 0.1) is 0 Å². The van der Waals surface area contributed by atoms with Gasteiger partial charge >= 0.3 is 5.97 Å². The zero-order valence-corrected chi connectivity index (χ0v) is 13.2. The van der Waals surface area contributed by atoms with Gasteiger partial charge in [0.05, 0.1) is 10.0 Å². The molecule has 0 fully saturated rings. The molecule has 0 aliphatic carbocycles. The van der Waals surface area contributed by atoms with E-state index in [1.54, 1.807) is 41.3 Å². The molecule has 0 saturated carbocycles. The van der Waals surface area contributed by atoms with Crippen molar-refractivity contribution in [3.8, 4) is 0 Å². The minimum absolute atomic E-state index is 0.148. The van der Waals surface area contributed by atoms with Crippen LogP contribution in [0.15, 0.2) is 42.5 Å². The first-order valence-corrected chi connectivity index (χ1v) is 7.26. The molecule has 0 aliphatic heterocycles. The molecule has 3 nitrogen and oxygen atoms in total. The molecule has 0 aromatic heterocycles. The number of rotatable bonds is 5. The summed E-state index contributed by atoms with van der Waals surface area (Å²) in [7, 11) is 0. The van der Waals surface area contributed by atoms with Gasteiger partial charge in [-0.1, -0.05) is 46.9 Å². The molecule has 0 unspecified atom stereocenters. The van der Waals surface area contributed by atoms with Gasteiger partial charge in [-0.2, -0.15) is 0 Å². The zero-order valence-electron chi connectivity index (χ0n) is 10.9. The van der Waals surface area contributed by atoms with Gasteiger partial charge in [0.15, 0.2) is 0 Å². The van der Waals surface area contributed by atoms with Gasteiger partial charge in [-0.15, -0.1) is 0 Å². The Kier molecular flexibility index (Phi) is 5.34. The van der Waals surface area contributed by atoms with Gasteiger partial charge in [0.25, 0.3) is 0 Å². The Hall–Kier alpha value is -1.42. The number of halogens is 3. The molecular formula is C15H12Cl3NO2. The van der Waals surface area contributed by atoms with Crippen LogP contribution in [-0.4, -0.2) is 17.6 Å². The maximum absolute atomic E-state index is 11.1. The Morgan fingerprint density at radius 2 is 1.71 bits per heavy atom. The van der Waals surface area contributed by atoms with Crippen LogP contribution in [0.4, 0.5) is 5.69 Å². The van der Waals surface area contributed by atoms with Crippen LogP contribution in [-0.2, 0) is 11.3 Å². The normalized spacial score (nSPS) is 10.4. The Balaban J connectivity index is 2.30. The van der Waals surface area contributed by atoms with Crippen LogP contribution in [0.5, 0.6) is 0 Å². The van der Waals surface area contributed by atoms with Gasteiger partial charge in [-0.25, -0.2) is 0 Å². The number of aliphatic carboxylic acids is 1. The van der Waals surface area contributed by atoms with Crippen molar-refractivity contribution in [2.24, 2.45) is 0 Å². The molecule has 0 saturated heterocycles. The number of nitrogens with zero attached hydrogens (tertiary/aromatic N) is 1. The van der Waals surface area contributed by atoms with Gasteiger partial charge < -0.3 is 10.0 Å². The molecule has 2 aromatic rings. The highest BCUT2D eigenvalue weighted by molar-refractivity contribution is 6.42. The highest BCUT2D eigenvalue weighted by atomic mass is 35.5. The predicted octanol–water partition coefficient (Wildman–Crippen LogP) is 4.74. The minimum Gasteiger partial charge on any atom is -0.480 e. The molecule has 1 N–H and O–H groups in total. The third kappa shape index (κ3) is 4.27. The fraction of sp³-hybridized carbons (Fsp3) is 0.133. The smallest absolute Gasteiger partial charge is 0.323 e. The minimum atomic E-state index is -0.928. The van der Waals surface area contributed by atoms with Crippen molar-refractivity contribution < 1.29 is 9.90 Å². The molecule has 0 atom stereocenters. The van der Waals surface area contributed by atoms with Crippen molar-refractivity contribution in [3.63, 3.8) is 0 Å². The SMILES string of the molecule is O=C(O)CN(Cc1cccc(Cl)c1Cl)c1ccc(Cl)cc1. The molecule has 0 aliphatic rings. The van der Waals surface area contributed by atoms with Gasteiger partial charge in [0.1, 0.15) is 6.54 Å². The van der Waals surface area contributed by atoms with Gasteiger partial charge in [0, 0.05) is 17.3 Å². The third-order valence-electron chi connectivity index (χ3n) is 2.91. The molecule has 0 amide bonds. The molecule has 0 heterocycles. The first-order chi connectivity index (χ1) is 9.97. The van der Waals surface area contributed by atoms with Crippen LogP contribution < -0.4 is 4.90 Å². The lowest BCUT2D eigenvalue weighted by Gasteiger charge is -2.23. The van der Waals surface area contributed by atoms with E-state index in [-0.39, 0.29) is 6.54 Å². The Morgan fingerprint density at radius 1 is 1.05 bits per heavy atom. The van der Waals surface area contributed by atoms with Crippen LogP contribution in [0.1, 0.15) is 5.56 Å². The number of anilines is 1. The van der Waals surface area contributed by atoms with Gasteiger partial charge in [-0.05, 0) is 35.9 Å². The number of hydrogen-bond acceptors (Lipinski definition) is 2. The lowest BCUT2D eigenvalue weighted by Crippen LogP contribution is -2.29. The average Bonchev–Trinajstić information content (AvgIpc) is 2.43. The van der Waals surface area contributed by atoms with E-state index in [9.17, 15) is 4.79 Å². The second kappa shape index (κ2) is 7.03. The highest BCUT2D eigenvalue weighted by Crippen LogP contribution is 2.28. The molecule has 2 rings (SSSR count). The van der Waals surface area contributed by atoms with E-state index in [0.29, 0.717) is 21.6 Å². The van der Waals surface area contributed by atoms with Crippen molar-refractivity contribution in [1.29, 1.82) is 0 Å². The second-order valence-corrected chi connectivity index (χ2v) is 5.66. The lowest BCUT2D eigenvalue weighted by atomic mass is 10.2. The van der Waals surface area contributed by atoms with Gasteiger partial charge in [0.2, 0.25) is 0 Å². The summed E-state index contributed by atoms with van der Waals surface area (Å²) in [6, 6.07) is 12.3. The van der Waals surface area contributed by atoms with Crippen LogP contribution in [0.25, 0.3) is 0 Å². The van der Waals surface area contributed by atoms with Crippen molar-refractivity contribution in [3.05, 3.63) is 63.1 Å². The highest BCUT2D eigenvalue weighted by Gasteiger charge is 2.14. The molecule has 2 aromatic carbocycles.